The predicted octanol–water partition coefficient (Wildman–Crippen LogP) is 4.17. The smallest absolute Gasteiger partial charge is 0.261 e. The Hall–Kier alpha value is -2.88. The van der Waals surface area contributed by atoms with Crippen LogP contribution in [-0.2, 0) is 19.2 Å². The van der Waals surface area contributed by atoms with Gasteiger partial charge in [-0.05, 0) is 59.5 Å². The van der Waals surface area contributed by atoms with Gasteiger partial charge in [-0.3, -0.25) is 4.79 Å². The van der Waals surface area contributed by atoms with E-state index in [1.165, 1.54) is 24.3 Å². The van der Waals surface area contributed by atoms with Gasteiger partial charge in [0.2, 0.25) is 10.0 Å². The molecule has 0 saturated carbocycles. The second-order valence-electron chi connectivity index (χ2n) is 11.0. The number of hydrogen-bond acceptors (Lipinski definition) is 5. The molecule has 0 bridgehead atoms. The predicted molar refractivity (Wildman–Crippen MR) is 157 cm³/mol. The van der Waals surface area contributed by atoms with Crippen LogP contribution in [0.2, 0.25) is 5.04 Å². The molecule has 206 valence electrons. The molecule has 3 aromatic carbocycles. The summed E-state index contributed by atoms with van der Waals surface area (Å²) < 4.78 is 34.9. The minimum Gasteiger partial charge on any atom is -0.407 e. The molecule has 0 spiro atoms. The molecule has 3 aromatic rings. The molecule has 0 amide bonds. The van der Waals surface area contributed by atoms with Crippen LogP contribution in [0, 0.1) is 6.92 Å². The Kier molecular flexibility index (Phi) is 8.73. The highest BCUT2D eigenvalue weighted by Gasteiger charge is 2.50. The molecular formula is C31H37NO5SSi. The van der Waals surface area contributed by atoms with E-state index < -0.39 is 30.6 Å². The monoisotopic (exact) mass is 563 g/mol. The minimum atomic E-state index is -4.11. The molecule has 0 radical (unpaired) electrons. The first kappa shape index (κ1) is 29.1. The number of ketones is 1. The number of nitrogens with zero attached hydrogens (tertiary/aromatic N) is 1. The summed E-state index contributed by atoms with van der Waals surface area (Å²) in [6, 6.07) is 26.0. The Morgan fingerprint density at radius 1 is 0.897 bits per heavy atom. The van der Waals surface area contributed by atoms with Crippen molar-refractivity contribution in [1.29, 1.82) is 0 Å². The van der Waals surface area contributed by atoms with Gasteiger partial charge in [0.15, 0.2) is 5.78 Å². The van der Waals surface area contributed by atoms with Crippen LogP contribution in [0.5, 0.6) is 0 Å². The van der Waals surface area contributed by atoms with Gasteiger partial charge in [0.1, 0.15) is 6.23 Å². The van der Waals surface area contributed by atoms with Crippen molar-refractivity contribution in [3.05, 3.63) is 103 Å². The summed E-state index contributed by atoms with van der Waals surface area (Å²) in [5.41, 5.74) is 0.918. The number of aryl methyl sites for hydroxylation is 1. The van der Waals surface area contributed by atoms with Crippen LogP contribution < -0.4 is 10.4 Å². The van der Waals surface area contributed by atoms with Crippen molar-refractivity contribution in [3.8, 4) is 0 Å². The van der Waals surface area contributed by atoms with Crippen molar-refractivity contribution in [2.75, 3.05) is 6.61 Å². The first-order valence-electron chi connectivity index (χ1n) is 13.2. The van der Waals surface area contributed by atoms with Gasteiger partial charge in [0.05, 0.1) is 10.9 Å². The molecule has 0 saturated heterocycles. The van der Waals surface area contributed by atoms with E-state index >= 15 is 0 Å². The van der Waals surface area contributed by atoms with Gasteiger partial charge in [0, 0.05) is 6.61 Å². The summed E-state index contributed by atoms with van der Waals surface area (Å²) in [6.45, 7) is 8.80. The Morgan fingerprint density at radius 2 is 1.44 bits per heavy atom. The molecule has 1 N–H and O–H groups in total. The van der Waals surface area contributed by atoms with Gasteiger partial charge in [-0.2, -0.15) is 4.31 Å². The largest absolute Gasteiger partial charge is 0.407 e. The molecule has 1 aliphatic rings. The zero-order chi connectivity index (χ0) is 28.3. The fourth-order valence-electron chi connectivity index (χ4n) is 5.36. The van der Waals surface area contributed by atoms with Crippen molar-refractivity contribution in [2.45, 2.75) is 62.7 Å². The number of sulfonamides is 1. The Balaban J connectivity index is 1.60. The average molecular weight is 564 g/mol. The van der Waals surface area contributed by atoms with E-state index in [2.05, 4.69) is 45.0 Å². The van der Waals surface area contributed by atoms with E-state index in [4.69, 9.17) is 4.43 Å². The summed E-state index contributed by atoms with van der Waals surface area (Å²) >= 11 is 0. The second kappa shape index (κ2) is 11.7. The van der Waals surface area contributed by atoms with Crippen molar-refractivity contribution in [1.82, 2.24) is 4.31 Å². The lowest BCUT2D eigenvalue weighted by Gasteiger charge is -2.43. The van der Waals surface area contributed by atoms with Gasteiger partial charge >= 0.3 is 0 Å². The Morgan fingerprint density at radius 3 is 1.95 bits per heavy atom. The lowest BCUT2D eigenvalue weighted by Crippen LogP contribution is -2.66. The number of hydrogen-bond donors (Lipinski definition) is 1. The maximum atomic E-state index is 13.5. The van der Waals surface area contributed by atoms with E-state index in [1.807, 2.05) is 43.3 Å². The van der Waals surface area contributed by atoms with E-state index in [0.717, 1.165) is 20.2 Å². The molecule has 1 heterocycles. The number of benzene rings is 3. The van der Waals surface area contributed by atoms with Gasteiger partial charge in [-0.25, -0.2) is 8.42 Å². The topological polar surface area (TPSA) is 83.9 Å². The summed E-state index contributed by atoms with van der Waals surface area (Å²) in [7, 11) is -6.86. The third kappa shape index (κ3) is 5.85. The molecular weight excluding hydrogens is 526 g/mol. The normalized spacial score (nSPS) is 18.8. The van der Waals surface area contributed by atoms with E-state index in [9.17, 15) is 18.3 Å². The van der Waals surface area contributed by atoms with E-state index in [1.54, 1.807) is 12.1 Å². The zero-order valence-electron chi connectivity index (χ0n) is 22.9. The van der Waals surface area contributed by atoms with Crippen LogP contribution in [0.4, 0.5) is 0 Å². The molecule has 0 aromatic heterocycles. The summed E-state index contributed by atoms with van der Waals surface area (Å²) in [5.74, 6) is -0.346. The first-order valence-corrected chi connectivity index (χ1v) is 16.6. The average Bonchev–Trinajstić information content (AvgIpc) is 2.91. The van der Waals surface area contributed by atoms with Crippen LogP contribution >= 0.6 is 0 Å². The molecule has 0 aliphatic carbocycles. The maximum absolute atomic E-state index is 13.5. The lowest BCUT2D eigenvalue weighted by atomic mass is 10.0. The highest BCUT2D eigenvalue weighted by molar-refractivity contribution is 7.89. The van der Waals surface area contributed by atoms with Gasteiger partial charge in [-0.15, -0.1) is 0 Å². The molecule has 8 heteroatoms. The fraction of sp³-hybridized carbons (Fsp3) is 0.323. The number of carbonyl (C=O) groups is 1. The number of aliphatic hydroxyl groups excluding tert-OH is 1. The van der Waals surface area contributed by atoms with Crippen LogP contribution in [0.1, 0.15) is 39.2 Å². The van der Waals surface area contributed by atoms with Gasteiger partial charge < -0.3 is 9.53 Å². The first-order chi connectivity index (χ1) is 18.5. The number of rotatable bonds is 9. The number of carbonyl (C=O) groups excluding carboxylic acids is 1. The van der Waals surface area contributed by atoms with Crippen molar-refractivity contribution < 1.29 is 22.7 Å². The highest BCUT2D eigenvalue weighted by atomic mass is 32.2. The van der Waals surface area contributed by atoms with Gasteiger partial charge in [-0.1, -0.05) is 99.1 Å². The third-order valence-corrected chi connectivity index (χ3v) is 14.2. The molecule has 6 nitrogen and oxygen atoms in total. The quantitative estimate of drug-likeness (QED) is 0.312. The zero-order valence-corrected chi connectivity index (χ0v) is 24.8. The molecule has 1 aliphatic heterocycles. The maximum Gasteiger partial charge on any atom is 0.261 e. The summed E-state index contributed by atoms with van der Waals surface area (Å²) in [6.07, 6.45) is 1.75. The van der Waals surface area contributed by atoms with E-state index in [-0.39, 0.29) is 22.1 Å². The Bertz CT molecular complexity index is 1360. The molecule has 39 heavy (non-hydrogen) atoms. The van der Waals surface area contributed by atoms with Gasteiger partial charge in [0.25, 0.3) is 8.32 Å². The molecule has 0 fully saturated rings. The molecule has 2 atom stereocenters. The highest BCUT2D eigenvalue weighted by Crippen LogP contribution is 2.37. The van der Waals surface area contributed by atoms with E-state index in [0.29, 0.717) is 13.0 Å². The fourth-order valence-corrected chi connectivity index (χ4v) is 11.6. The molecule has 4 rings (SSSR count). The minimum absolute atomic E-state index is 0.0452. The number of aliphatic hydroxyl groups is 1. The lowest BCUT2D eigenvalue weighted by molar-refractivity contribution is -0.121. The molecule has 0 unspecified atom stereocenters. The van der Waals surface area contributed by atoms with Crippen LogP contribution in [0.15, 0.2) is 102 Å². The Labute approximate surface area is 233 Å². The van der Waals surface area contributed by atoms with Crippen molar-refractivity contribution in [2.24, 2.45) is 0 Å². The third-order valence-electron chi connectivity index (χ3n) is 7.28. The summed E-state index contributed by atoms with van der Waals surface area (Å²) in [4.78, 5) is 13.0. The summed E-state index contributed by atoms with van der Waals surface area (Å²) in [5, 5.41) is 12.8. The van der Waals surface area contributed by atoms with Crippen LogP contribution in [-0.4, -0.2) is 50.8 Å². The van der Waals surface area contributed by atoms with Crippen molar-refractivity contribution in [3.63, 3.8) is 0 Å². The SMILES string of the molecule is Cc1ccc(S(=O)(=O)N2[C@H](O)C=CC(=O)[C@@H]2CCCO[Si](c2ccccc2)(c2ccccc2)C(C)(C)C)cc1. The van der Waals surface area contributed by atoms with Crippen molar-refractivity contribution >= 4 is 34.5 Å². The van der Waals surface area contributed by atoms with Crippen LogP contribution in [0.25, 0.3) is 0 Å². The van der Waals surface area contributed by atoms with Crippen LogP contribution in [0.3, 0.4) is 0 Å². The second-order valence-corrected chi connectivity index (χ2v) is 17.1. The standard InChI is InChI=1S/C31H37NO5SSi/c1-24-17-19-25(20-18-24)38(35,36)32-28(29(33)21-22-30(32)34)16-11-23-37-39(31(2,3)4,26-12-7-5-8-13-26)27-14-9-6-10-15-27/h5-10,12-15,17-22,28,30,34H,11,16,23H2,1-4H3/t28-,30+/m0/s1.